The van der Waals surface area contributed by atoms with E-state index in [9.17, 15) is 13.2 Å². The highest BCUT2D eigenvalue weighted by Crippen LogP contribution is 2.37. The van der Waals surface area contributed by atoms with Crippen LogP contribution >= 0.6 is 0 Å². The number of carbonyl (C=O) groups excluding carboxylic acids is 1. The molecular weight excluding hydrogens is 394 g/mol. The Labute approximate surface area is 178 Å². The average Bonchev–Trinajstić information content (AvgIpc) is 2.73. The lowest BCUT2D eigenvalue weighted by Crippen LogP contribution is -2.32. The number of hydrogen-bond donors (Lipinski definition) is 0. The van der Waals surface area contributed by atoms with Crippen LogP contribution < -0.4 is 4.31 Å². The predicted octanol–water partition coefficient (Wildman–Crippen LogP) is 4.76. The number of carbonyl (C=O) groups is 1. The van der Waals surface area contributed by atoms with E-state index in [0.29, 0.717) is 30.5 Å². The van der Waals surface area contributed by atoms with E-state index in [-0.39, 0.29) is 12.3 Å². The van der Waals surface area contributed by atoms with Crippen molar-refractivity contribution in [3.63, 3.8) is 0 Å². The molecule has 154 valence electrons. The van der Waals surface area contributed by atoms with E-state index < -0.39 is 10.0 Å². The molecule has 1 aliphatic rings. The highest BCUT2D eigenvalue weighted by atomic mass is 32.2. The highest BCUT2D eigenvalue weighted by Gasteiger charge is 2.29. The van der Waals surface area contributed by atoms with Crippen LogP contribution in [-0.2, 0) is 29.4 Å². The molecule has 3 aromatic rings. The number of fused-ring (bicyclic) bond motifs is 1. The van der Waals surface area contributed by atoms with Crippen LogP contribution in [0.4, 0.5) is 5.69 Å². The van der Waals surface area contributed by atoms with Crippen LogP contribution in [-0.4, -0.2) is 20.5 Å². The van der Waals surface area contributed by atoms with E-state index in [1.165, 1.54) is 10.6 Å². The first-order valence-electron chi connectivity index (χ1n) is 10.2. The molecule has 0 bridgehead atoms. The monoisotopic (exact) mass is 419 g/mol. The first-order chi connectivity index (χ1) is 14.4. The molecule has 30 heavy (non-hydrogen) atoms. The third-order valence-electron chi connectivity index (χ3n) is 5.55. The van der Waals surface area contributed by atoms with Gasteiger partial charge in [0.15, 0.2) is 5.78 Å². The number of hydrogen-bond acceptors (Lipinski definition) is 3. The Morgan fingerprint density at radius 2 is 1.47 bits per heavy atom. The number of rotatable bonds is 6. The molecule has 0 radical (unpaired) electrons. The maximum atomic E-state index is 12.9. The zero-order valence-corrected chi connectivity index (χ0v) is 17.9. The topological polar surface area (TPSA) is 54.5 Å². The van der Waals surface area contributed by atoms with Gasteiger partial charge in [-0.2, -0.15) is 0 Å². The smallest absolute Gasteiger partial charge is 0.232 e. The second-order valence-corrected chi connectivity index (χ2v) is 9.70. The van der Waals surface area contributed by atoms with Gasteiger partial charge in [0.1, 0.15) is 0 Å². The van der Waals surface area contributed by atoms with Gasteiger partial charge in [0.2, 0.25) is 10.0 Å². The van der Waals surface area contributed by atoms with Gasteiger partial charge in [-0.1, -0.05) is 72.8 Å². The molecule has 0 saturated heterocycles. The van der Waals surface area contributed by atoms with Gasteiger partial charge in [-0.3, -0.25) is 9.10 Å². The second-order valence-electron chi connectivity index (χ2n) is 7.79. The van der Waals surface area contributed by atoms with Crippen molar-refractivity contribution in [3.05, 3.63) is 101 Å². The van der Waals surface area contributed by atoms with Crippen molar-refractivity contribution < 1.29 is 13.2 Å². The van der Waals surface area contributed by atoms with Crippen LogP contribution in [0.5, 0.6) is 0 Å². The number of benzene rings is 3. The number of Topliss-reactive ketones (excluding diaryl/α,β-unsaturated/α-hetero) is 1. The van der Waals surface area contributed by atoms with E-state index >= 15 is 0 Å². The van der Waals surface area contributed by atoms with Crippen molar-refractivity contribution in [2.75, 3.05) is 10.6 Å². The summed E-state index contributed by atoms with van der Waals surface area (Å²) in [5.74, 6) is 0.0944. The fourth-order valence-corrected chi connectivity index (χ4v) is 5.08. The van der Waals surface area contributed by atoms with Gasteiger partial charge in [-0.05, 0) is 41.5 Å². The minimum Gasteiger partial charge on any atom is -0.294 e. The van der Waals surface area contributed by atoms with Crippen LogP contribution in [0, 0.1) is 0 Å². The van der Waals surface area contributed by atoms with Gasteiger partial charge >= 0.3 is 0 Å². The zero-order valence-electron chi connectivity index (χ0n) is 17.0. The van der Waals surface area contributed by atoms with E-state index in [1.54, 1.807) is 0 Å². The van der Waals surface area contributed by atoms with Crippen LogP contribution in [0.2, 0.25) is 0 Å². The van der Waals surface area contributed by atoms with Gasteiger partial charge in [0.25, 0.3) is 0 Å². The third-order valence-corrected chi connectivity index (χ3v) is 6.67. The maximum absolute atomic E-state index is 12.9. The molecule has 3 aromatic carbocycles. The normalized spacial score (nSPS) is 13.7. The number of nitrogens with zero attached hydrogens (tertiary/aromatic N) is 1. The molecule has 0 amide bonds. The van der Waals surface area contributed by atoms with Crippen LogP contribution in [0.1, 0.15) is 45.5 Å². The van der Waals surface area contributed by atoms with E-state index in [2.05, 4.69) is 0 Å². The minimum atomic E-state index is -3.56. The Balaban J connectivity index is 1.89. The summed E-state index contributed by atoms with van der Waals surface area (Å²) in [7, 11) is -3.56. The highest BCUT2D eigenvalue weighted by molar-refractivity contribution is 7.92. The fraction of sp³-hybridized carbons (Fsp3) is 0.240. The molecule has 4 nitrogen and oxygen atoms in total. The number of ketones is 1. The molecule has 5 heteroatoms. The summed E-state index contributed by atoms with van der Waals surface area (Å²) >= 11 is 0. The lowest BCUT2D eigenvalue weighted by molar-refractivity contribution is 0.0972. The zero-order chi connectivity index (χ0) is 21.1. The quantitative estimate of drug-likeness (QED) is 0.579. The van der Waals surface area contributed by atoms with Crippen molar-refractivity contribution in [3.8, 4) is 0 Å². The molecule has 0 aromatic heterocycles. The lowest BCUT2D eigenvalue weighted by Gasteiger charge is -2.30. The molecular formula is C25H25NO3S. The molecule has 0 N–H and O–H groups in total. The molecule has 1 aliphatic carbocycles. The van der Waals surface area contributed by atoms with Crippen molar-refractivity contribution >= 4 is 21.5 Å². The Morgan fingerprint density at radius 3 is 2.10 bits per heavy atom. The molecule has 0 atom stereocenters. The van der Waals surface area contributed by atoms with Crippen LogP contribution in [0.3, 0.4) is 0 Å². The van der Waals surface area contributed by atoms with Gasteiger partial charge in [0.05, 0.1) is 18.5 Å². The van der Waals surface area contributed by atoms with Crippen molar-refractivity contribution in [2.24, 2.45) is 0 Å². The van der Waals surface area contributed by atoms with Gasteiger partial charge in [-0.25, -0.2) is 8.42 Å². The first-order valence-corrected chi connectivity index (χ1v) is 12.0. The molecule has 0 heterocycles. The number of anilines is 1. The van der Waals surface area contributed by atoms with Crippen molar-refractivity contribution in [1.82, 2.24) is 0 Å². The lowest BCUT2D eigenvalue weighted by atomic mass is 9.86. The van der Waals surface area contributed by atoms with E-state index in [4.69, 9.17) is 0 Å². The maximum Gasteiger partial charge on any atom is 0.232 e. The summed E-state index contributed by atoms with van der Waals surface area (Å²) in [5, 5.41) is 0. The van der Waals surface area contributed by atoms with Gasteiger partial charge < -0.3 is 0 Å². The number of sulfonamides is 1. The van der Waals surface area contributed by atoms with Crippen molar-refractivity contribution in [1.29, 1.82) is 0 Å². The fourth-order valence-electron chi connectivity index (χ4n) is 4.14. The molecule has 0 unspecified atom stereocenters. The van der Waals surface area contributed by atoms with Gasteiger partial charge in [-0.15, -0.1) is 0 Å². The third kappa shape index (κ3) is 4.31. The summed E-state index contributed by atoms with van der Waals surface area (Å²) in [6.07, 6.45) is 3.82. The van der Waals surface area contributed by atoms with Gasteiger partial charge in [0, 0.05) is 12.0 Å². The van der Waals surface area contributed by atoms with Crippen LogP contribution in [0.15, 0.2) is 72.8 Å². The summed E-state index contributed by atoms with van der Waals surface area (Å²) in [4.78, 5) is 12.6. The molecule has 0 fully saturated rings. The second kappa shape index (κ2) is 8.44. The molecule has 0 aliphatic heterocycles. The first kappa shape index (κ1) is 20.4. The molecule has 0 saturated carbocycles. The molecule has 4 rings (SSSR count). The summed E-state index contributed by atoms with van der Waals surface area (Å²) in [5.41, 5.74) is 5.14. The Morgan fingerprint density at radius 1 is 0.833 bits per heavy atom. The predicted molar refractivity (Wildman–Crippen MR) is 120 cm³/mol. The Bertz CT molecular complexity index is 1160. The Kier molecular flexibility index (Phi) is 5.73. The Hall–Kier alpha value is -2.92. The summed E-state index contributed by atoms with van der Waals surface area (Å²) in [6.45, 7) is 0.242. The van der Waals surface area contributed by atoms with E-state index in [0.717, 1.165) is 28.7 Å². The largest absolute Gasteiger partial charge is 0.294 e. The SMILES string of the molecule is CS(=O)(=O)N(Cc1ccccc1)c1c(Cc2ccccc2)ccc2c1CCCC2=O. The van der Waals surface area contributed by atoms with Crippen LogP contribution in [0.25, 0.3) is 0 Å². The minimum absolute atomic E-state index is 0.0944. The average molecular weight is 420 g/mol. The van der Waals surface area contributed by atoms with Crippen molar-refractivity contribution in [2.45, 2.75) is 32.2 Å². The molecule has 0 spiro atoms. The summed E-state index contributed by atoms with van der Waals surface area (Å²) in [6, 6.07) is 23.4. The summed E-state index contributed by atoms with van der Waals surface area (Å²) < 4.78 is 27.4. The standard InChI is InChI=1S/C25H25NO3S/c1-30(28,29)26(18-20-11-6-3-7-12-20)25-21(17-19-9-4-2-5-10-19)15-16-22-23(25)13-8-14-24(22)27/h2-7,9-12,15-16H,8,13-14,17-18H2,1H3. The van der Waals surface area contributed by atoms with E-state index in [1.807, 2.05) is 72.8 Å².